The fourth-order valence-electron chi connectivity index (χ4n) is 5.32. The van der Waals surface area contributed by atoms with E-state index < -0.39 is 10.0 Å². The predicted molar refractivity (Wildman–Crippen MR) is 151 cm³/mol. The molecule has 1 unspecified atom stereocenters. The van der Waals surface area contributed by atoms with Gasteiger partial charge in [-0.3, -0.25) is 0 Å². The Balaban J connectivity index is 1.88. The summed E-state index contributed by atoms with van der Waals surface area (Å²) in [4.78, 5) is 6.10. The second kappa shape index (κ2) is 8.49. The number of fused-ring (bicyclic) bond motifs is 3. The van der Waals surface area contributed by atoms with Gasteiger partial charge in [-0.05, 0) is 79.5 Å². The molecule has 0 saturated carbocycles. The van der Waals surface area contributed by atoms with Crippen molar-refractivity contribution in [2.75, 3.05) is 12.5 Å². The van der Waals surface area contributed by atoms with Gasteiger partial charge < -0.3 is 0 Å². The van der Waals surface area contributed by atoms with Gasteiger partial charge in [0.1, 0.15) is 0 Å². The Hall–Kier alpha value is -1.29. The Morgan fingerprint density at radius 3 is 1.94 bits per heavy atom. The van der Waals surface area contributed by atoms with E-state index in [9.17, 15) is 0 Å². The Morgan fingerprint density at radius 2 is 1.47 bits per heavy atom. The summed E-state index contributed by atoms with van der Waals surface area (Å²) in [7, 11) is -1.07. The van der Waals surface area contributed by atoms with Gasteiger partial charge in [0.15, 0.2) is 0 Å². The van der Waals surface area contributed by atoms with Gasteiger partial charge in [0, 0.05) is 24.8 Å². The molecular weight excluding hydrogens is 445 g/mol. The summed E-state index contributed by atoms with van der Waals surface area (Å²) in [5.41, 5.74) is 8.71. The summed E-state index contributed by atoms with van der Waals surface area (Å²) in [5, 5.41) is 0.990. The van der Waals surface area contributed by atoms with Gasteiger partial charge in [-0.15, -0.1) is 22.7 Å². The third-order valence-corrected chi connectivity index (χ3v) is 12.8. The summed E-state index contributed by atoms with van der Waals surface area (Å²) in [6, 6.07) is 4.86. The van der Waals surface area contributed by atoms with Crippen molar-refractivity contribution in [1.82, 2.24) is 0 Å². The van der Waals surface area contributed by atoms with Gasteiger partial charge >= 0.3 is 0 Å². The van der Waals surface area contributed by atoms with E-state index >= 15 is 0 Å². The maximum Gasteiger partial charge on any atom is 0.0596 e. The molecule has 2 aromatic rings. The number of thiophene rings is 2. The number of aryl methyl sites for hydroxylation is 2. The van der Waals surface area contributed by atoms with Crippen LogP contribution >= 0.6 is 32.7 Å². The minimum absolute atomic E-state index is 0.465. The highest BCUT2D eigenvalue weighted by atomic mass is 32.3. The van der Waals surface area contributed by atoms with E-state index in [1.54, 1.807) is 9.75 Å². The van der Waals surface area contributed by atoms with Crippen LogP contribution in [-0.2, 0) is 0 Å². The maximum atomic E-state index is 4.44. The average molecular weight is 483 g/mol. The van der Waals surface area contributed by atoms with Crippen molar-refractivity contribution in [2.45, 2.75) is 59.0 Å². The van der Waals surface area contributed by atoms with E-state index in [0.717, 1.165) is 0 Å². The Labute approximate surface area is 205 Å². The monoisotopic (exact) mass is 482 g/mol. The van der Waals surface area contributed by atoms with Gasteiger partial charge in [-0.1, -0.05) is 63.6 Å². The molecule has 4 rings (SSSR count). The minimum Gasteiger partial charge on any atom is -0.224 e. The van der Waals surface area contributed by atoms with Crippen molar-refractivity contribution < 1.29 is 0 Å². The van der Waals surface area contributed by atoms with Crippen LogP contribution in [0.4, 0.5) is 0 Å². The van der Waals surface area contributed by atoms with Crippen LogP contribution in [0.3, 0.4) is 0 Å². The molecule has 0 aliphatic heterocycles. The molecule has 0 spiro atoms. The predicted octanol–water partition coefficient (Wildman–Crippen LogP) is 9.61. The summed E-state index contributed by atoms with van der Waals surface area (Å²) in [6.07, 6.45) is 12.5. The van der Waals surface area contributed by atoms with Crippen molar-refractivity contribution >= 4 is 32.7 Å². The van der Waals surface area contributed by atoms with E-state index in [-0.39, 0.29) is 0 Å². The second-order valence-electron chi connectivity index (χ2n) is 10.6. The van der Waals surface area contributed by atoms with Gasteiger partial charge in [-0.2, -0.15) is 0 Å². The normalized spacial score (nSPS) is 21.7. The molecule has 3 heteroatoms. The van der Waals surface area contributed by atoms with Crippen LogP contribution in [0, 0.1) is 25.7 Å². The molecule has 0 aromatic carbocycles. The lowest BCUT2D eigenvalue weighted by Crippen LogP contribution is -2.23. The van der Waals surface area contributed by atoms with Crippen molar-refractivity contribution in [3.05, 3.63) is 78.7 Å². The van der Waals surface area contributed by atoms with E-state index in [0.29, 0.717) is 22.3 Å². The summed E-state index contributed by atoms with van der Waals surface area (Å²) in [5.74, 6) is 0.998. The third-order valence-electron chi connectivity index (χ3n) is 6.76. The molecule has 0 fully saturated rings. The molecule has 2 aliphatic rings. The van der Waals surface area contributed by atoms with Crippen molar-refractivity contribution in [2.24, 2.45) is 11.8 Å². The van der Waals surface area contributed by atoms with Gasteiger partial charge in [0.2, 0.25) is 0 Å². The molecule has 0 nitrogen and oxygen atoms in total. The molecule has 32 heavy (non-hydrogen) atoms. The largest absolute Gasteiger partial charge is 0.224 e. The molecule has 0 radical (unpaired) electrons. The summed E-state index contributed by atoms with van der Waals surface area (Å²) >= 11 is 4.05. The SMILES string of the molecule is C=C(/C=C1\C(=C\C(C)C)C=C(C)C1S(C)(C)C1c2sc(C)cc2-c2cc(C)sc21)C(C)C. The Morgan fingerprint density at radius 1 is 0.938 bits per heavy atom. The maximum absolute atomic E-state index is 4.44. The molecule has 1 atom stereocenters. The molecule has 0 amide bonds. The van der Waals surface area contributed by atoms with E-state index in [2.05, 4.69) is 97.9 Å². The lowest BCUT2D eigenvalue weighted by Gasteiger charge is -2.45. The van der Waals surface area contributed by atoms with Gasteiger partial charge in [0.05, 0.1) is 5.25 Å². The first-order valence-corrected chi connectivity index (χ1v) is 15.9. The number of rotatable bonds is 5. The van der Waals surface area contributed by atoms with Crippen LogP contribution in [0.1, 0.15) is 59.4 Å². The third kappa shape index (κ3) is 3.95. The Kier molecular flexibility index (Phi) is 6.33. The van der Waals surface area contributed by atoms with Gasteiger partial charge in [-0.25, -0.2) is 10.0 Å². The fourth-order valence-corrected chi connectivity index (χ4v) is 12.7. The molecule has 0 N–H and O–H groups in total. The summed E-state index contributed by atoms with van der Waals surface area (Å²) in [6.45, 7) is 20.4. The van der Waals surface area contributed by atoms with Crippen LogP contribution < -0.4 is 0 Å². The zero-order valence-corrected chi connectivity index (χ0v) is 23.6. The number of hydrogen-bond donors (Lipinski definition) is 0. The van der Waals surface area contributed by atoms with E-state index in [1.165, 1.54) is 43.2 Å². The lowest BCUT2D eigenvalue weighted by atomic mass is 9.97. The topological polar surface area (TPSA) is 0 Å². The smallest absolute Gasteiger partial charge is 0.0596 e. The molecule has 0 saturated heterocycles. The number of hydrogen-bond acceptors (Lipinski definition) is 2. The molecular formula is C29H38S3. The standard InChI is InChI=1S/C29H38S3/c1-16(2)11-22-12-19(6)28(23(22)13-18(5)17(3)4)32(9,10)29-26-24(14-20(7)30-26)25-15-21(8)31-27(25)29/h11-17,28-29H,5H2,1-4,6-10H3/b22-11+,23-13+. The lowest BCUT2D eigenvalue weighted by molar-refractivity contribution is 0.792. The molecule has 2 heterocycles. The first-order valence-electron chi connectivity index (χ1n) is 11.6. The molecule has 2 aromatic heterocycles. The van der Waals surface area contributed by atoms with Crippen LogP contribution in [-0.4, -0.2) is 17.8 Å². The van der Waals surface area contributed by atoms with Crippen LogP contribution in [0.2, 0.25) is 0 Å². The van der Waals surface area contributed by atoms with Crippen molar-refractivity contribution in [3.63, 3.8) is 0 Å². The van der Waals surface area contributed by atoms with E-state index in [1.807, 2.05) is 22.7 Å². The van der Waals surface area contributed by atoms with Crippen LogP contribution in [0.15, 0.2) is 59.2 Å². The minimum atomic E-state index is -1.07. The summed E-state index contributed by atoms with van der Waals surface area (Å²) < 4.78 is 0. The fraction of sp³-hybridized carbons (Fsp3) is 0.448. The highest BCUT2D eigenvalue weighted by molar-refractivity contribution is 8.33. The highest BCUT2D eigenvalue weighted by Crippen LogP contribution is 2.72. The van der Waals surface area contributed by atoms with Crippen LogP contribution in [0.5, 0.6) is 0 Å². The zero-order valence-electron chi connectivity index (χ0n) is 21.1. The molecule has 2 aliphatic carbocycles. The molecule has 172 valence electrons. The first-order chi connectivity index (χ1) is 14.9. The number of allylic oxidation sites excluding steroid dienone is 5. The zero-order chi connectivity index (χ0) is 23.5. The molecule has 0 bridgehead atoms. The second-order valence-corrected chi connectivity index (χ2v) is 17.1. The first kappa shape index (κ1) is 23.9. The van der Waals surface area contributed by atoms with Gasteiger partial charge in [0.25, 0.3) is 0 Å². The van der Waals surface area contributed by atoms with Crippen molar-refractivity contribution in [1.29, 1.82) is 0 Å². The Bertz CT molecular complexity index is 1110. The van der Waals surface area contributed by atoms with Crippen molar-refractivity contribution in [3.8, 4) is 11.1 Å². The van der Waals surface area contributed by atoms with E-state index in [4.69, 9.17) is 0 Å². The highest BCUT2D eigenvalue weighted by Gasteiger charge is 2.46. The average Bonchev–Trinajstić information content (AvgIpc) is 3.35. The van der Waals surface area contributed by atoms with Crippen LogP contribution in [0.25, 0.3) is 11.1 Å². The quantitative estimate of drug-likeness (QED) is 0.398.